The van der Waals surface area contributed by atoms with Crippen molar-refractivity contribution in [2.75, 3.05) is 0 Å². The van der Waals surface area contributed by atoms with E-state index in [9.17, 15) is 14.4 Å². The van der Waals surface area contributed by atoms with Gasteiger partial charge in [0.2, 0.25) is 0 Å². The Bertz CT molecular complexity index is 146. The van der Waals surface area contributed by atoms with Crippen molar-refractivity contribution in [3.05, 3.63) is 10.6 Å². The molecule has 0 bridgehead atoms. The van der Waals surface area contributed by atoms with Gasteiger partial charge in [0.05, 0.1) is 11.8 Å². The number of hydrogen-bond donors (Lipinski definition) is 0. The van der Waals surface area contributed by atoms with E-state index in [4.69, 9.17) is 0 Å². The van der Waals surface area contributed by atoms with Gasteiger partial charge in [-0.05, 0) is 6.03 Å². The van der Waals surface area contributed by atoms with Crippen LogP contribution in [-0.4, -0.2) is 40.9 Å². The second kappa shape index (κ2) is 3.52. The van der Waals surface area contributed by atoms with Crippen LogP contribution in [0.15, 0.2) is 0 Å². The smallest absolute Gasteiger partial charge is 0.612 e. The predicted octanol–water partition coefficient (Wildman–Crippen LogP) is -0.0701. The number of imide groups is 2. The molecule has 0 aromatic rings. The van der Waals surface area contributed by atoms with Gasteiger partial charge in [0.1, 0.15) is 0 Å². The van der Waals surface area contributed by atoms with Gasteiger partial charge >= 0.3 is 23.1 Å². The van der Waals surface area contributed by atoms with E-state index in [0.29, 0.717) is 0 Å². The van der Waals surface area contributed by atoms with Crippen molar-refractivity contribution in [1.29, 1.82) is 0 Å². The van der Waals surface area contributed by atoms with Gasteiger partial charge in [-0.15, -0.1) is 0 Å². The number of urea groups is 1. The van der Waals surface area contributed by atoms with E-state index in [0.717, 1.165) is 0 Å². The quantitative estimate of drug-likeness (QED) is 0.358. The summed E-state index contributed by atoms with van der Waals surface area (Å²) in [5, 5.41) is 5.74. The van der Waals surface area contributed by atoms with E-state index in [1.54, 1.807) is 0 Å². The fourth-order valence-electron chi connectivity index (χ4n) is 0.447. The molecular weight excluding hydrogens is 148 g/mol. The molecule has 0 aromatic carbocycles. The second-order valence-corrected chi connectivity index (χ2v) is 1.47. The first-order valence-corrected chi connectivity index (χ1v) is 2.21. The maximum absolute atomic E-state index is 10.2. The molecule has 0 atom stereocenters. The number of amides is 4. The van der Waals surface area contributed by atoms with Crippen LogP contribution in [-0.2, 0) is 9.59 Å². The molecule has 0 saturated carbocycles. The van der Waals surface area contributed by atoms with Crippen molar-refractivity contribution in [3.63, 3.8) is 0 Å². The van der Waals surface area contributed by atoms with Gasteiger partial charge < -0.3 is 25.0 Å². The summed E-state index contributed by atoms with van der Waals surface area (Å²) in [6.45, 7) is 0. The van der Waals surface area contributed by atoms with Crippen LogP contribution in [0.4, 0.5) is 4.79 Å². The molecule has 0 aromatic heterocycles. The first kappa shape index (κ1) is 9.38. The second-order valence-electron chi connectivity index (χ2n) is 1.47. The summed E-state index contributed by atoms with van der Waals surface area (Å²) in [4.78, 5) is 30.5. The van der Waals surface area contributed by atoms with Crippen LogP contribution in [0.1, 0.15) is 6.42 Å². The minimum atomic E-state index is -0.990. The molecule has 0 unspecified atom stereocenters. The molecule has 48 valence electrons. The van der Waals surface area contributed by atoms with E-state index in [1.165, 1.54) is 0 Å². The Kier molecular flexibility index (Phi) is 3.30. The molecule has 10 heavy (non-hydrogen) atoms. The average Bonchev–Trinajstić information content (AvgIpc) is 1.59. The summed E-state index contributed by atoms with van der Waals surface area (Å²) in [5.74, 6) is -1.42. The van der Waals surface area contributed by atoms with E-state index in [1.807, 2.05) is 0 Å². The molecule has 1 heterocycles. The number of barbiturate groups is 1. The molecule has 4 amide bonds. The number of hydrogen-bond acceptors (Lipinski definition) is 3. The molecular formula is C4H2MgN2O3. The Morgan fingerprint density at radius 1 is 1.00 bits per heavy atom. The van der Waals surface area contributed by atoms with Crippen LogP contribution in [0.2, 0.25) is 0 Å². The third-order valence-electron chi connectivity index (χ3n) is 0.743. The Morgan fingerprint density at radius 3 is 1.70 bits per heavy atom. The van der Waals surface area contributed by atoms with Crippen LogP contribution in [0.5, 0.6) is 0 Å². The van der Waals surface area contributed by atoms with Crippen molar-refractivity contribution < 1.29 is 14.4 Å². The zero-order valence-corrected chi connectivity index (χ0v) is 6.45. The van der Waals surface area contributed by atoms with Gasteiger partial charge in [-0.25, -0.2) is 0 Å². The third kappa shape index (κ3) is 2.32. The Morgan fingerprint density at radius 2 is 1.40 bits per heavy atom. The fraction of sp³-hybridized carbons (Fsp3) is 0.250. The summed E-state index contributed by atoms with van der Waals surface area (Å²) in [6.07, 6.45) is -0.369. The van der Waals surface area contributed by atoms with Crippen molar-refractivity contribution >= 4 is 40.9 Å². The van der Waals surface area contributed by atoms with Crippen LogP contribution in [0.3, 0.4) is 0 Å². The first-order valence-electron chi connectivity index (χ1n) is 2.21. The van der Waals surface area contributed by atoms with Crippen LogP contribution >= 0.6 is 0 Å². The van der Waals surface area contributed by atoms with Gasteiger partial charge in [-0.2, -0.15) is 0 Å². The number of carbonyl (C=O) groups excluding carboxylic acids is 3. The van der Waals surface area contributed by atoms with E-state index < -0.39 is 17.8 Å². The van der Waals surface area contributed by atoms with Gasteiger partial charge in [0, 0.05) is 6.42 Å². The topological polar surface area (TPSA) is 79.4 Å². The Hall–Kier alpha value is -0.624. The molecule has 0 aliphatic carbocycles. The predicted molar refractivity (Wildman–Crippen MR) is 32.5 cm³/mol. The monoisotopic (exact) mass is 150 g/mol. The SMILES string of the molecule is O=C1CC(=O)[N-]C(=O)[N-]1.[Mg+2]. The summed E-state index contributed by atoms with van der Waals surface area (Å²) in [5.41, 5.74) is 0. The van der Waals surface area contributed by atoms with Crippen LogP contribution in [0.25, 0.3) is 10.6 Å². The maximum atomic E-state index is 10.2. The molecule has 1 rings (SSSR count). The summed E-state index contributed by atoms with van der Waals surface area (Å²) >= 11 is 0. The molecule has 5 nitrogen and oxygen atoms in total. The van der Waals surface area contributed by atoms with E-state index >= 15 is 0 Å². The molecule has 1 aliphatic heterocycles. The third-order valence-corrected chi connectivity index (χ3v) is 0.743. The molecule has 1 saturated heterocycles. The molecule has 0 N–H and O–H groups in total. The van der Waals surface area contributed by atoms with Crippen LogP contribution in [0, 0.1) is 0 Å². The Balaban J connectivity index is 0.000000810. The first-order chi connectivity index (χ1) is 4.18. The van der Waals surface area contributed by atoms with Crippen LogP contribution < -0.4 is 0 Å². The molecule has 1 aliphatic rings. The van der Waals surface area contributed by atoms with E-state index in [-0.39, 0.29) is 29.5 Å². The zero-order valence-electron chi connectivity index (χ0n) is 5.03. The largest absolute Gasteiger partial charge is 2.00 e. The minimum absolute atomic E-state index is 0. The van der Waals surface area contributed by atoms with Gasteiger partial charge in [0.15, 0.2) is 0 Å². The molecule has 1 fully saturated rings. The number of carbonyl (C=O) groups is 3. The summed E-state index contributed by atoms with van der Waals surface area (Å²) in [6, 6.07) is -0.990. The standard InChI is InChI=1S/C4H4N2O3.Mg/c7-2-1-3(8)6-4(9)5-2;/h1H2,(H2,5,6,7,8,9);/q;+2/p-2. The van der Waals surface area contributed by atoms with Gasteiger partial charge in [-0.3, -0.25) is 0 Å². The normalized spacial score (nSPS) is 17.0. The van der Waals surface area contributed by atoms with Gasteiger partial charge in [0.25, 0.3) is 0 Å². The number of nitrogens with zero attached hydrogens (tertiary/aromatic N) is 2. The van der Waals surface area contributed by atoms with E-state index in [2.05, 4.69) is 10.6 Å². The maximum Gasteiger partial charge on any atom is 2.00 e. The number of rotatable bonds is 0. The van der Waals surface area contributed by atoms with Crippen molar-refractivity contribution in [2.24, 2.45) is 0 Å². The average molecular weight is 150 g/mol. The summed E-state index contributed by atoms with van der Waals surface area (Å²) in [7, 11) is 0. The van der Waals surface area contributed by atoms with Gasteiger partial charge in [-0.1, -0.05) is 0 Å². The Labute approximate surface area is 72.7 Å². The fourth-order valence-corrected chi connectivity index (χ4v) is 0.447. The zero-order chi connectivity index (χ0) is 6.85. The summed E-state index contributed by atoms with van der Waals surface area (Å²) < 4.78 is 0. The minimum Gasteiger partial charge on any atom is -0.612 e. The van der Waals surface area contributed by atoms with Crippen molar-refractivity contribution in [1.82, 2.24) is 0 Å². The van der Waals surface area contributed by atoms with Crippen molar-refractivity contribution in [2.45, 2.75) is 6.42 Å². The molecule has 0 spiro atoms. The van der Waals surface area contributed by atoms with Crippen molar-refractivity contribution in [3.8, 4) is 0 Å². The molecule has 6 heteroatoms. The molecule has 0 radical (unpaired) electrons.